The van der Waals surface area contributed by atoms with Crippen molar-refractivity contribution < 1.29 is 9.50 Å². The number of aromatic hydroxyl groups is 1. The van der Waals surface area contributed by atoms with Crippen molar-refractivity contribution >= 4 is 0 Å². The highest BCUT2D eigenvalue weighted by Gasteiger charge is 2.16. The maximum absolute atomic E-state index is 13.2. The second kappa shape index (κ2) is 7.60. The quantitative estimate of drug-likeness (QED) is 0.787. The van der Waals surface area contributed by atoms with Crippen LogP contribution >= 0.6 is 0 Å². The molecule has 112 valence electrons. The Morgan fingerprint density at radius 1 is 1.40 bits per heavy atom. The fourth-order valence-electron chi connectivity index (χ4n) is 2.82. The predicted octanol–water partition coefficient (Wildman–Crippen LogP) is 2.89. The van der Waals surface area contributed by atoms with Crippen LogP contribution in [0, 0.1) is 5.82 Å². The summed E-state index contributed by atoms with van der Waals surface area (Å²) in [6.07, 6.45) is 5.06. The lowest BCUT2D eigenvalue weighted by molar-refractivity contribution is 0.159. The predicted molar refractivity (Wildman–Crippen MR) is 79.3 cm³/mol. The van der Waals surface area contributed by atoms with Gasteiger partial charge in [-0.1, -0.05) is 18.6 Å². The number of rotatable bonds is 6. The van der Waals surface area contributed by atoms with Crippen molar-refractivity contribution in [2.45, 2.75) is 45.2 Å². The first-order chi connectivity index (χ1) is 9.68. The lowest BCUT2D eigenvalue weighted by Crippen LogP contribution is -2.38. The van der Waals surface area contributed by atoms with Gasteiger partial charge in [-0.15, -0.1) is 0 Å². The molecule has 4 heteroatoms. The van der Waals surface area contributed by atoms with Crippen molar-refractivity contribution in [1.29, 1.82) is 0 Å². The second-order valence-electron chi connectivity index (χ2n) is 5.66. The maximum Gasteiger partial charge on any atom is 0.165 e. The van der Waals surface area contributed by atoms with Crippen LogP contribution in [0.2, 0.25) is 0 Å². The fraction of sp³-hybridized carbons (Fsp3) is 0.625. The van der Waals surface area contributed by atoms with Gasteiger partial charge in [0, 0.05) is 18.2 Å². The number of halogens is 1. The van der Waals surface area contributed by atoms with E-state index in [1.807, 2.05) is 0 Å². The van der Waals surface area contributed by atoms with Crippen molar-refractivity contribution in [3.8, 4) is 5.75 Å². The van der Waals surface area contributed by atoms with Crippen LogP contribution in [0.5, 0.6) is 5.75 Å². The summed E-state index contributed by atoms with van der Waals surface area (Å²) < 4.78 is 13.2. The highest BCUT2D eigenvalue weighted by molar-refractivity contribution is 5.33. The molecule has 2 rings (SSSR count). The van der Waals surface area contributed by atoms with E-state index in [2.05, 4.69) is 17.1 Å². The number of phenols is 1. The van der Waals surface area contributed by atoms with Gasteiger partial charge in [0.2, 0.25) is 0 Å². The molecule has 0 saturated carbocycles. The molecule has 0 radical (unpaired) electrons. The van der Waals surface area contributed by atoms with Gasteiger partial charge in [-0.3, -0.25) is 0 Å². The summed E-state index contributed by atoms with van der Waals surface area (Å²) in [7, 11) is 0. The largest absolute Gasteiger partial charge is 0.505 e. The number of benzene rings is 1. The lowest BCUT2D eigenvalue weighted by Gasteiger charge is -2.33. The number of piperidine rings is 1. The Bertz CT molecular complexity index is 425. The number of nitrogens with zero attached hydrogens (tertiary/aromatic N) is 1. The number of hydrogen-bond donors (Lipinski definition) is 2. The number of phenolic OH excluding ortho intramolecular Hbond substituents is 1. The highest BCUT2D eigenvalue weighted by Crippen LogP contribution is 2.20. The number of nitrogens with one attached hydrogen (secondary N) is 1. The van der Waals surface area contributed by atoms with E-state index in [9.17, 15) is 9.50 Å². The number of para-hydroxylation sites is 1. The van der Waals surface area contributed by atoms with Crippen LogP contribution < -0.4 is 5.32 Å². The monoisotopic (exact) mass is 280 g/mol. The standard InChI is InChI=1S/C16H25FN2O/c1-13-6-2-3-10-19(13)11-5-9-18-12-14-7-4-8-15(17)16(14)20/h4,7-8,13,18,20H,2-3,5-6,9-12H2,1H3. The molecule has 1 aliphatic rings. The van der Waals surface area contributed by atoms with Crippen molar-refractivity contribution in [2.24, 2.45) is 0 Å². The number of likely N-dealkylation sites (tertiary alicyclic amines) is 1. The zero-order valence-corrected chi connectivity index (χ0v) is 12.2. The van der Waals surface area contributed by atoms with Gasteiger partial charge in [-0.2, -0.15) is 0 Å². The third kappa shape index (κ3) is 4.18. The van der Waals surface area contributed by atoms with Gasteiger partial charge >= 0.3 is 0 Å². The second-order valence-corrected chi connectivity index (χ2v) is 5.66. The van der Waals surface area contributed by atoms with Crippen LogP contribution in [0.25, 0.3) is 0 Å². The fourth-order valence-corrected chi connectivity index (χ4v) is 2.82. The van der Waals surface area contributed by atoms with E-state index in [-0.39, 0.29) is 5.75 Å². The van der Waals surface area contributed by atoms with Crippen LogP contribution in [0.15, 0.2) is 18.2 Å². The molecule has 3 nitrogen and oxygen atoms in total. The van der Waals surface area contributed by atoms with Gasteiger partial charge in [0.1, 0.15) is 0 Å². The topological polar surface area (TPSA) is 35.5 Å². The maximum atomic E-state index is 13.2. The molecule has 1 aromatic rings. The van der Waals surface area contributed by atoms with E-state index >= 15 is 0 Å². The summed E-state index contributed by atoms with van der Waals surface area (Å²) in [6, 6.07) is 5.35. The van der Waals surface area contributed by atoms with E-state index in [1.54, 1.807) is 12.1 Å². The van der Waals surface area contributed by atoms with Gasteiger partial charge in [0.05, 0.1) is 0 Å². The zero-order chi connectivity index (χ0) is 14.4. The molecule has 20 heavy (non-hydrogen) atoms. The van der Waals surface area contributed by atoms with Gasteiger partial charge in [-0.05, 0) is 51.9 Å². The van der Waals surface area contributed by atoms with Crippen molar-refractivity contribution in [1.82, 2.24) is 10.2 Å². The van der Waals surface area contributed by atoms with Crippen molar-refractivity contribution in [3.63, 3.8) is 0 Å². The summed E-state index contributed by atoms with van der Waals surface area (Å²) in [5, 5.41) is 12.8. The van der Waals surface area contributed by atoms with Crippen LogP contribution in [0.3, 0.4) is 0 Å². The summed E-state index contributed by atoms with van der Waals surface area (Å²) >= 11 is 0. The Morgan fingerprint density at radius 3 is 3.05 bits per heavy atom. The third-order valence-electron chi connectivity index (χ3n) is 4.13. The molecule has 1 unspecified atom stereocenters. The van der Waals surface area contributed by atoms with Crippen molar-refractivity contribution in [3.05, 3.63) is 29.6 Å². The Hall–Kier alpha value is -1.13. The van der Waals surface area contributed by atoms with Gasteiger partial charge in [-0.25, -0.2) is 4.39 Å². The third-order valence-corrected chi connectivity index (χ3v) is 4.13. The first-order valence-corrected chi connectivity index (χ1v) is 7.59. The minimum atomic E-state index is -0.550. The minimum Gasteiger partial charge on any atom is -0.505 e. The average Bonchev–Trinajstić information content (AvgIpc) is 2.45. The molecule has 1 aromatic carbocycles. The summed E-state index contributed by atoms with van der Waals surface area (Å²) in [6.45, 7) is 6.03. The first-order valence-electron chi connectivity index (χ1n) is 7.59. The molecule has 1 fully saturated rings. The molecule has 1 atom stereocenters. The molecule has 1 heterocycles. The van der Waals surface area contributed by atoms with E-state index in [1.165, 1.54) is 31.9 Å². The molecular formula is C16H25FN2O. The van der Waals surface area contributed by atoms with Crippen LogP contribution in [-0.4, -0.2) is 35.7 Å². The van der Waals surface area contributed by atoms with E-state index in [0.29, 0.717) is 18.2 Å². The molecule has 1 aliphatic heterocycles. The van der Waals surface area contributed by atoms with Crippen LogP contribution in [-0.2, 0) is 6.54 Å². The van der Waals surface area contributed by atoms with Crippen LogP contribution in [0.4, 0.5) is 4.39 Å². The first kappa shape index (κ1) is 15.3. The van der Waals surface area contributed by atoms with E-state index in [0.717, 1.165) is 19.5 Å². The van der Waals surface area contributed by atoms with E-state index in [4.69, 9.17) is 0 Å². The number of hydrogen-bond acceptors (Lipinski definition) is 3. The lowest BCUT2D eigenvalue weighted by atomic mass is 10.0. The Labute approximate surface area is 120 Å². The molecule has 0 aromatic heterocycles. The Kier molecular flexibility index (Phi) is 5.80. The Morgan fingerprint density at radius 2 is 2.25 bits per heavy atom. The van der Waals surface area contributed by atoms with Gasteiger partial charge in [0.15, 0.2) is 11.6 Å². The SMILES string of the molecule is CC1CCCCN1CCCNCc1cccc(F)c1O. The molecule has 2 N–H and O–H groups in total. The normalized spacial score (nSPS) is 20.2. The molecular weight excluding hydrogens is 255 g/mol. The average molecular weight is 280 g/mol. The zero-order valence-electron chi connectivity index (χ0n) is 12.2. The highest BCUT2D eigenvalue weighted by atomic mass is 19.1. The van der Waals surface area contributed by atoms with Crippen LogP contribution in [0.1, 0.15) is 38.2 Å². The van der Waals surface area contributed by atoms with Gasteiger partial charge < -0.3 is 15.3 Å². The molecule has 1 saturated heterocycles. The molecule has 0 spiro atoms. The summed E-state index contributed by atoms with van der Waals surface area (Å²) in [5.41, 5.74) is 0.622. The van der Waals surface area contributed by atoms with E-state index < -0.39 is 5.82 Å². The van der Waals surface area contributed by atoms with Gasteiger partial charge in [0.25, 0.3) is 0 Å². The Balaban J connectivity index is 1.65. The molecule has 0 aliphatic carbocycles. The van der Waals surface area contributed by atoms with Crippen molar-refractivity contribution in [2.75, 3.05) is 19.6 Å². The smallest absolute Gasteiger partial charge is 0.165 e. The molecule has 0 amide bonds. The summed E-state index contributed by atoms with van der Waals surface area (Å²) in [5.74, 6) is -0.781. The minimum absolute atomic E-state index is 0.232. The molecule has 0 bridgehead atoms. The summed E-state index contributed by atoms with van der Waals surface area (Å²) in [4.78, 5) is 2.55.